The topological polar surface area (TPSA) is 157 Å². The van der Waals surface area contributed by atoms with Crippen LogP contribution in [0.1, 0.15) is 23.0 Å². The van der Waals surface area contributed by atoms with Gasteiger partial charge in [-0.2, -0.15) is 0 Å². The highest BCUT2D eigenvalue weighted by molar-refractivity contribution is 5.95. The third-order valence-electron chi connectivity index (χ3n) is 5.01. The number of alkyl halides is 1. The van der Waals surface area contributed by atoms with E-state index in [0.717, 1.165) is 4.68 Å². The van der Waals surface area contributed by atoms with E-state index in [-0.39, 0.29) is 24.2 Å². The van der Waals surface area contributed by atoms with Crippen molar-refractivity contribution in [3.8, 4) is 17.4 Å². The summed E-state index contributed by atoms with van der Waals surface area (Å²) in [6.45, 7) is -0.736. The molecule has 0 aliphatic rings. The molecule has 0 spiro atoms. The molecule has 0 radical (unpaired) electrons. The van der Waals surface area contributed by atoms with Crippen LogP contribution >= 0.6 is 0 Å². The highest BCUT2D eigenvalue weighted by atomic mass is 19.1. The number of aromatic amines is 1. The fraction of sp³-hybridized carbons (Fsp3) is 0.174. The predicted octanol–water partition coefficient (Wildman–Crippen LogP) is 2.19. The SMILES string of the molecule is COc1cc([C@H](Nc2ccc(C(=N)N)cc2)c2nn(-c3ncccn3)c(=O)[nH]2)ccc1OCCF. The van der Waals surface area contributed by atoms with E-state index >= 15 is 0 Å². The Morgan fingerprint density at radius 3 is 2.60 bits per heavy atom. The van der Waals surface area contributed by atoms with Crippen LogP contribution in [0.4, 0.5) is 10.1 Å². The van der Waals surface area contributed by atoms with Gasteiger partial charge >= 0.3 is 5.69 Å². The van der Waals surface area contributed by atoms with Crippen LogP contribution in [-0.2, 0) is 0 Å². The van der Waals surface area contributed by atoms with Gasteiger partial charge in [0.05, 0.1) is 7.11 Å². The van der Waals surface area contributed by atoms with E-state index in [2.05, 4.69) is 25.4 Å². The maximum absolute atomic E-state index is 12.7. The molecule has 0 unspecified atom stereocenters. The molecule has 12 heteroatoms. The lowest BCUT2D eigenvalue weighted by Gasteiger charge is -2.20. The summed E-state index contributed by atoms with van der Waals surface area (Å²) in [5, 5.41) is 15.3. The van der Waals surface area contributed by atoms with Crippen molar-refractivity contribution < 1.29 is 13.9 Å². The van der Waals surface area contributed by atoms with Gasteiger partial charge in [-0.05, 0) is 48.0 Å². The first-order valence-electron chi connectivity index (χ1n) is 10.5. The molecule has 0 aliphatic carbocycles. The molecule has 35 heavy (non-hydrogen) atoms. The summed E-state index contributed by atoms with van der Waals surface area (Å²) >= 11 is 0. The molecule has 0 bridgehead atoms. The Balaban J connectivity index is 1.76. The molecular formula is C23H23FN8O3. The molecule has 0 saturated carbocycles. The maximum atomic E-state index is 12.7. The number of ether oxygens (including phenoxy) is 2. The summed E-state index contributed by atoms with van der Waals surface area (Å²) in [6, 6.07) is 13.1. The summed E-state index contributed by atoms with van der Waals surface area (Å²) in [7, 11) is 1.48. The molecule has 5 N–H and O–H groups in total. The number of halogens is 1. The molecule has 4 aromatic rings. The molecule has 2 aromatic carbocycles. The number of amidine groups is 1. The molecule has 1 atom stereocenters. The predicted molar refractivity (Wildman–Crippen MR) is 127 cm³/mol. The standard InChI is InChI=1S/C23H23FN8O3/c1-34-18-13-15(5-8-17(18)35-12-9-24)19(29-16-6-3-14(4-7-16)20(25)26)21-30-23(33)32(31-21)22-27-10-2-11-28-22/h2-8,10-11,13,19,29H,9,12H2,1H3,(H3,25,26)(H,30,31,33)/t19-/m0/s1. The zero-order chi connectivity index (χ0) is 24.8. The first-order chi connectivity index (χ1) is 17.0. The number of nitrogens with zero attached hydrogens (tertiary/aromatic N) is 4. The third-order valence-corrected chi connectivity index (χ3v) is 5.01. The number of hydrogen-bond acceptors (Lipinski definition) is 8. The second kappa shape index (κ2) is 10.5. The van der Waals surface area contributed by atoms with Crippen LogP contribution in [0.2, 0.25) is 0 Å². The number of nitrogen functional groups attached to an aromatic ring is 1. The number of anilines is 1. The Kier molecular flexibility index (Phi) is 7.00. The Morgan fingerprint density at radius 2 is 1.94 bits per heavy atom. The zero-order valence-electron chi connectivity index (χ0n) is 18.7. The minimum Gasteiger partial charge on any atom is -0.493 e. The summed E-state index contributed by atoms with van der Waals surface area (Å²) in [5.41, 5.74) is 6.97. The number of methoxy groups -OCH3 is 1. The molecule has 0 aliphatic heterocycles. The van der Waals surface area contributed by atoms with Crippen molar-refractivity contribution >= 4 is 11.5 Å². The molecule has 11 nitrogen and oxygen atoms in total. The average molecular weight is 478 g/mol. The van der Waals surface area contributed by atoms with Crippen LogP contribution in [0.15, 0.2) is 65.7 Å². The van der Waals surface area contributed by atoms with Crippen molar-refractivity contribution in [2.24, 2.45) is 5.73 Å². The van der Waals surface area contributed by atoms with Crippen LogP contribution in [0, 0.1) is 5.41 Å². The number of hydrogen-bond donors (Lipinski definition) is 4. The average Bonchev–Trinajstić information content (AvgIpc) is 3.27. The first kappa shape index (κ1) is 23.4. The molecule has 0 fully saturated rings. The van der Waals surface area contributed by atoms with Gasteiger partial charge in [-0.1, -0.05) is 6.07 Å². The second-order valence-corrected chi connectivity index (χ2v) is 7.29. The number of rotatable bonds is 10. The van der Waals surface area contributed by atoms with Gasteiger partial charge in [0, 0.05) is 23.6 Å². The van der Waals surface area contributed by atoms with Gasteiger partial charge in [-0.15, -0.1) is 9.78 Å². The largest absolute Gasteiger partial charge is 0.493 e. The minimum atomic E-state index is -0.639. The molecule has 0 amide bonds. The molecule has 0 saturated heterocycles. The molecule has 2 heterocycles. The second-order valence-electron chi connectivity index (χ2n) is 7.29. The van der Waals surface area contributed by atoms with Crippen molar-refractivity contribution in [2.45, 2.75) is 6.04 Å². The number of H-pyrrole nitrogens is 1. The highest BCUT2D eigenvalue weighted by Gasteiger charge is 2.22. The quantitative estimate of drug-likeness (QED) is 0.200. The summed E-state index contributed by atoms with van der Waals surface area (Å²) in [5.74, 6) is 1.14. The fourth-order valence-electron chi connectivity index (χ4n) is 3.36. The lowest BCUT2D eigenvalue weighted by molar-refractivity contribution is 0.260. The normalized spacial score (nSPS) is 11.6. The monoisotopic (exact) mass is 478 g/mol. The number of aromatic nitrogens is 5. The molecular weight excluding hydrogens is 455 g/mol. The highest BCUT2D eigenvalue weighted by Crippen LogP contribution is 2.33. The lowest BCUT2D eigenvalue weighted by Crippen LogP contribution is -2.18. The number of nitrogens with one attached hydrogen (secondary N) is 3. The smallest absolute Gasteiger partial charge is 0.350 e. The minimum absolute atomic E-state index is 0.0485. The fourth-order valence-corrected chi connectivity index (χ4v) is 3.36. The van der Waals surface area contributed by atoms with E-state index in [9.17, 15) is 9.18 Å². The van der Waals surface area contributed by atoms with E-state index in [1.54, 1.807) is 48.5 Å². The van der Waals surface area contributed by atoms with E-state index in [1.165, 1.54) is 19.5 Å². The number of nitrogens with two attached hydrogens (primary N) is 1. The Bertz CT molecular complexity index is 1360. The van der Waals surface area contributed by atoms with Crippen molar-refractivity contribution in [1.29, 1.82) is 5.41 Å². The zero-order valence-corrected chi connectivity index (χ0v) is 18.7. The molecule has 180 valence electrons. The van der Waals surface area contributed by atoms with E-state index < -0.39 is 18.4 Å². The van der Waals surface area contributed by atoms with Crippen LogP contribution in [0.5, 0.6) is 11.5 Å². The Morgan fingerprint density at radius 1 is 1.20 bits per heavy atom. The summed E-state index contributed by atoms with van der Waals surface area (Å²) in [6.07, 6.45) is 3.02. The van der Waals surface area contributed by atoms with Crippen LogP contribution < -0.4 is 26.2 Å². The van der Waals surface area contributed by atoms with Crippen molar-refractivity contribution in [3.05, 3.63) is 88.4 Å². The summed E-state index contributed by atoms with van der Waals surface area (Å²) in [4.78, 5) is 23.6. The van der Waals surface area contributed by atoms with Gasteiger partial charge in [0.2, 0.25) is 0 Å². The van der Waals surface area contributed by atoms with Gasteiger partial charge in [-0.25, -0.2) is 19.2 Å². The van der Waals surface area contributed by atoms with E-state index in [0.29, 0.717) is 28.3 Å². The van der Waals surface area contributed by atoms with Crippen molar-refractivity contribution in [3.63, 3.8) is 0 Å². The lowest BCUT2D eigenvalue weighted by atomic mass is 10.0. The van der Waals surface area contributed by atoms with E-state index in [4.69, 9.17) is 20.6 Å². The van der Waals surface area contributed by atoms with Gasteiger partial charge in [0.25, 0.3) is 5.95 Å². The van der Waals surface area contributed by atoms with Crippen molar-refractivity contribution in [1.82, 2.24) is 24.7 Å². The van der Waals surface area contributed by atoms with Gasteiger partial charge < -0.3 is 20.5 Å². The summed E-state index contributed by atoms with van der Waals surface area (Å²) < 4.78 is 24.5. The van der Waals surface area contributed by atoms with E-state index in [1.807, 2.05) is 0 Å². The van der Waals surface area contributed by atoms with Gasteiger partial charge in [0.1, 0.15) is 25.2 Å². The van der Waals surface area contributed by atoms with Crippen LogP contribution in [0.3, 0.4) is 0 Å². The van der Waals surface area contributed by atoms with Crippen molar-refractivity contribution in [2.75, 3.05) is 25.7 Å². The van der Waals surface area contributed by atoms with Crippen LogP contribution in [0.25, 0.3) is 5.95 Å². The first-order valence-corrected chi connectivity index (χ1v) is 10.5. The maximum Gasteiger partial charge on any atom is 0.350 e. The third kappa shape index (κ3) is 5.27. The molecule has 4 rings (SSSR count). The van der Waals surface area contributed by atoms with Gasteiger partial charge in [0.15, 0.2) is 17.3 Å². The Hall–Kier alpha value is -4.74. The van der Waals surface area contributed by atoms with Crippen LogP contribution in [-0.4, -0.2) is 51.0 Å². The van der Waals surface area contributed by atoms with Gasteiger partial charge in [-0.3, -0.25) is 10.4 Å². The Labute approximate surface area is 199 Å². The number of benzene rings is 2. The molecule has 2 aromatic heterocycles.